The van der Waals surface area contributed by atoms with Gasteiger partial charge in [0, 0.05) is 46.1 Å². The fourth-order valence-electron chi connectivity index (χ4n) is 3.14. The van der Waals surface area contributed by atoms with Crippen LogP contribution >= 0.6 is 0 Å². The lowest BCUT2D eigenvalue weighted by molar-refractivity contribution is 0.0759. The number of hydrogen-bond donors (Lipinski definition) is 0. The summed E-state index contributed by atoms with van der Waals surface area (Å²) in [5, 5.41) is 0. The standard InChI is InChI=1S/C17H24N6O/c1-13-8-18-9-16(20-13)23-6-4-14(5-7-23)10-22(3)17(24)15-11-21(2)12-19-15/h8-9,11-12,14H,4-7,10H2,1-3H3. The Bertz CT molecular complexity index is 705. The van der Waals surface area contributed by atoms with Crippen molar-refractivity contribution >= 4 is 11.7 Å². The molecule has 3 heterocycles. The van der Waals surface area contributed by atoms with E-state index < -0.39 is 0 Å². The fraction of sp³-hybridized carbons (Fsp3) is 0.529. The SMILES string of the molecule is Cc1cncc(N2CCC(CN(C)C(=O)c3cn(C)cn3)CC2)n1. The van der Waals surface area contributed by atoms with Crippen LogP contribution in [0, 0.1) is 12.8 Å². The maximum absolute atomic E-state index is 12.4. The fourth-order valence-corrected chi connectivity index (χ4v) is 3.14. The first kappa shape index (κ1) is 16.4. The Hall–Kier alpha value is -2.44. The molecular formula is C17H24N6O. The van der Waals surface area contributed by atoms with Gasteiger partial charge < -0.3 is 14.4 Å². The number of amides is 1. The average molecular weight is 328 g/mol. The second kappa shape index (κ2) is 6.98. The van der Waals surface area contributed by atoms with E-state index in [2.05, 4.69) is 19.9 Å². The lowest BCUT2D eigenvalue weighted by atomic mass is 9.96. The molecule has 7 heteroatoms. The van der Waals surface area contributed by atoms with Crippen molar-refractivity contribution in [1.29, 1.82) is 0 Å². The van der Waals surface area contributed by atoms with E-state index in [4.69, 9.17) is 0 Å². The van der Waals surface area contributed by atoms with Crippen molar-refractivity contribution in [3.8, 4) is 0 Å². The van der Waals surface area contributed by atoms with Gasteiger partial charge in [0.15, 0.2) is 0 Å². The second-order valence-electron chi connectivity index (χ2n) is 6.56. The largest absolute Gasteiger partial charge is 0.355 e. The van der Waals surface area contributed by atoms with E-state index >= 15 is 0 Å². The number of hydrogen-bond acceptors (Lipinski definition) is 5. The molecule has 1 fully saturated rings. The van der Waals surface area contributed by atoms with Gasteiger partial charge in [0.2, 0.25) is 0 Å². The van der Waals surface area contributed by atoms with Crippen molar-refractivity contribution in [2.24, 2.45) is 13.0 Å². The molecule has 1 amide bonds. The van der Waals surface area contributed by atoms with Gasteiger partial charge in [0.25, 0.3) is 5.91 Å². The molecule has 0 aliphatic carbocycles. The van der Waals surface area contributed by atoms with Crippen LogP contribution in [0.2, 0.25) is 0 Å². The summed E-state index contributed by atoms with van der Waals surface area (Å²) in [6.45, 7) is 4.63. The molecule has 24 heavy (non-hydrogen) atoms. The minimum Gasteiger partial charge on any atom is -0.355 e. The zero-order valence-corrected chi connectivity index (χ0v) is 14.5. The Morgan fingerprint density at radius 2 is 2.08 bits per heavy atom. The van der Waals surface area contributed by atoms with E-state index in [9.17, 15) is 4.79 Å². The Morgan fingerprint density at radius 3 is 2.71 bits per heavy atom. The highest BCUT2D eigenvalue weighted by Gasteiger charge is 2.24. The lowest BCUT2D eigenvalue weighted by Crippen LogP contribution is -2.40. The number of nitrogens with zero attached hydrogens (tertiary/aromatic N) is 6. The third kappa shape index (κ3) is 3.72. The molecule has 0 N–H and O–H groups in total. The maximum Gasteiger partial charge on any atom is 0.273 e. The first-order chi connectivity index (χ1) is 11.5. The summed E-state index contributed by atoms with van der Waals surface area (Å²) in [5.74, 6) is 1.45. The van der Waals surface area contributed by atoms with Crippen LogP contribution in [0.15, 0.2) is 24.9 Å². The van der Waals surface area contributed by atoms with Gasteiger partial charge in [-0.15, -0.1) is 0 Å². The van der Waals surface area contributed by atoms with Crippen LogP contribution in [0.25, 0.3) is 0 Å². The van der Waals surface area contributed by atoms with Crippen LogP contribution in [0.5, 0.6) is 0 Å². The molecular weight excluding hydrogens is 304 g/mol. The zero-order chi connectivity index (χ0) is 17.1. The Kier molecular flexibility index (Phi) is 4.78. The van der Waals surface area contributed by atoms with E-state index in [0.29, 0.717) is 11.6 Å². The number of aryl methyl sites for hydroxylation is 2. The maximum atomic E-state index is 12.4. The predicted molar refractivity (Wildman–Crippen MR) is 91.9 cm³/mol. The number of piperidine rings is 1. The number of imidazole rings is 1. The third-order valence-corrected chi connectivity index (χ3v) is 4.48. The van der Waals surface area contributed by atoms with Gasteiger partial charge in [0.05, 0.1) is 18.2 Å². The molecule has 0 aromatic carbocycles. The number of rotatable bonds is 4. The average Bonchev–Trinajstić information content (AvgIpc) is 3.01. The summed E-state index contributed by atoms with van der Waals surface area (Å²) < 4.78 is 1.79. The van der Waals surface area contributed by atoms with Gasteiger partial charge in [-0.1, -0.05) is 0 Å². The molecule has 0 atom stereocenters. The predicted octanol–water partition coefficient (Wildman–Crippen LogP) is 1.51. The molecule has 1 aliphatic rings. The molecule has 2 aromatic rings. The van der Waals surface area contributed by atoms with E-state index in [-0.39, 0.29) is 5.91 Å². The number of carbonyl (C=O) groups excluding carboxylic acids is 1. The van der Waals surface area contributed by atoms with Crippen LogP contribution in [0.4, 0.5) is 5.82 Å². The highest BCUT2D eigenvalue weighted by atomic mass is 16.2. The molecule has 128 valence electrons. The summed E-state index contributed by atoms with van der Waals surface area (Å²) in [6.07, 6.45) is 9.11. The highest BCUT2D eigenvalue weighted by molar-refractivity contribution is 5.91. The zero-order valence-electron chi connectivity index (χ0n) is 14.5. The normalized spacial score (nSPS) is 15.5. The van der Waals surface area contributed by atoms with Crippen LogP contribution in [0.3, 0.4) is 0 Å². The summed E-state index contributed by atoms with van der Waals surface area (Å²) in [4.78, 5) is 29.3. The lowest BCUT2D eigenvalue weighted by Gasteiger charge is -2.34. The molecule has 0 saturated carbocycles. The Morgan fingerprint density at radius 1 is 1.33 bits per heavy atom. The quantitative estimate of drug-likeness (QED) is 0.851. The molecule has 0 radical (unpaired) electrons. The monoisotopic (exact) mass is 328 g/mol. The topological polar surface area (TPSA) is 67.2 Å². The molecule has 0 bridgehead atoms. The van der Waals surface area contributed by atoms with E-state index in [0.717, 1.165) is 44.0 Å². The molecule has 7 nitrogen and oxygen atoms in total. The summed E-state index contributed by atoms with van der Waals surface area (Å²) in [5.41, 5.74) is 1.45. The first-order valence-corrected chi connectivity index (χ1v) is 8.30. The summed E-state index contributed by atoms with van der Waals surface area (Å²) in [7, 11) is 3.73. The number of carbonyl (C=O) groups is 1. The molecule has 2 aromatic heterocycles. The van der Waals surface area contributed by atoms with Crippen molar-refractivity contribution in [1.82, 2.24) is 24.4 Å². The minimum absolute atomic E-state index is 0.0115. The summed E-state index contributed by atoms with van der Waals surface area (Å²) in [6, 6.07) is 0. The highest BCUT2D eigenvalue weighted by Crippen LogP contribution is 2.22. The van der Waals surface area contributed by atoms with Gasteiger partial charge in [-0.25, -0.2) is 9.97 Å². The van der Waals surface area contributed by atoms with Crippen LogP contribution in [0.1, 0.15) is 29.0 Å². The van der Waals surface area contributed by atoms with Gasteiger partial charge in [-0.05, 0) is 25.7 Å². The summed E-state index contributed by atoms with van der Waals surface area (Å²) >= 11 is 0. The first-order valence-electron chi connectivity index (χ1n) is 8.30. The van der Waals surface area contributed by atoms with Crippen LogP contribution in [-0.2, 0) is 7.05 Å². The Balaban J connectivity index is 1.52. The molecule has 1 saturated heterocycles. The van der Waals surface area contributed by atoms with Crippen molar-refractivity contribution in [2.75, 3.05) is 31.6 Å². The smallest absolute Gasteiger partial charge is 0.273 e. The Labute approximate surface area is 142 Å². The number of aromatic nitrogens is 4. The van der Waals surface area contributed by atoms with Gasteiger partial charge in [-0.3, -0.25) is 9.78 Å². The van der Waals surface area contributed by atoms with Crippen molar-refractivity contribution in [3.63, 3.8) is 0 Å². The van der Waals surface area contributed by atoms with Gasteiger partial charge in [-0.2, -0.15) is 0 Å². The van der Waals surface area contributed by atoms with Gasteiger partial charge >= 0.3 is 0 Å². The van der Waals surface area contributed by atoms with E-state index in [1.807, 2.05) is 27.2 Å². The van der Waals surface area contributed by atoms with Crippen molar-refractivity contribution in [2.45, 2.75) is 19.8 Å². The van der Waals surface area contributed by atoms with E-state index in [1.165, 1.54) is 0 Å². The van der Waals surface area contributed by atoms with Crippen LogP contribution < -0.4 is 4.90 Å². The van der Waals surface area contributed by atoms with Crippen LogP contribution in [-0.4, -0.2) is 57.0 Å². The molecule has 3 rings (SSSR count). The molecule has 0 spiro atoms. The molecule has 1 aliphatic heterocycles. The minimum atomic E-state index is -0.0115. The third-order valence-electron chi connectivity index (χ3n) is 4.48. The van der Waals surface area contributed by atoms with Crippen molar-refractivity contribution < 1.29 is 4.79 Å². The molecule has 0 unspecified atom stereocenters. The van der Waals surface area contributed by atoms with Crippen molar-refractivity contribution in [3.05, 3.63) is 36.3 Å². The van der Waals surface area contributed by atoms with Gasteiger partial charge in [0.1, 0.15) is 11.5 Å². The second-order valence-corrected chi connectivity index (χ2v) is 6.56. The van der Waals surface area contributed by atoms with E-state index in [1.54, 1.807) is 28.2 Å². The number of anilines is 1.